The second-order valence-corrected chi connectivity index (χ2v) is 8.56. The Morgan fingerprint density at radius 1 is 1.15 bits per heavy atom. The van der Waals surface area contributed by atoms with Crippen molar-refractivity contribution in [2.24, 2.45) is 41.4 Å². The third-order valence-electron chi connectivity index (χ3n) is 7.66. The quantitative estimate of drug-likeness (QED) is 0.845. The van der Waals surface area contributed by atoms with Crippen molar-refractivity contribution in [3.05, 3.63) is 47.6 Å². The number of carboxylic acids is 1. The van der Waals surface area contributed by atoms with Gasteiger partial charge < -0.3 is 14.6 Å². The van der Waals surface area contributed by atoms with Crippen LogP contribution in [-0.2, 0) is 11.2 Å². The van der Waals surface area contributed by atoms with Gasteiger partial charge in [-0.05, 0) is 72.5 Å². The minimum absolute atomic E-state index is 0.143. The lowest BCUT2D eigenvalue weighted by molar-refractivity contribution is -0.133. The van der Waals surface area contributed by atoms with Crippen LogP contribution in [-0.4, -0.2) is 17.9 Å². The Morgan fingerprint density at radius 3 is 2.92 bits per heavy atom. The van der Waals surface area contributed by atoms with Crippen molar-refractivity contribution in [2.75, 3.05) is 6.79 Å². The van der Waals surface area contributed by atoms with Gasteiger partial charge in [0.1, 0.15) is 0 Å². The number of carbonyl (C=O) groups is 1. The Hall–Kier alpha value is -2.23. The van der Waals surface area contributed by atoms with Crippen molar-refractivity contribution in [1.82, 2.24) is 0 Å². The molecule has 4 nitrogen and oxygen atoms in total. The molecule has 1 aromatic rings. The SMILES string of the molecule is O=C(O)C1=CCC2CC3C(Cc4ccc5c(c4)OCO5)C4C=CC1C2C43. The van der Waals surface area contributed by atoms with Crippen LogP contribution in [0.5, 0.6) is 11.5 Å². The van der Waals surface area contributed by atoms with E-state index in [2.05, 4.69) is 24.3 Å². The summed E-state index contributed by atoms with van der Waals surface area (Å²) in [4.78, 5) is 11.6. The molecule has 2 saturated carbocycles. The zero-order valence-corrected chi connectivity index (χ0v) is 14.5. The second kappa shape index (κ2) is 5.15. The molecule has 0 saturated heterocycles. The number of hydrogen-bond donors (Lipinski definition) is 1. The lowest BCUT2D eigenvalue weighted by Gasteiger charge is -2.54. The third-order valence-corrected chi connectivity index (χ3v) is 7.66. The van der Waals surface area contributed by atoms with E-state index in [0.29, 0.717) is 42.0 Å². The van der Waals surface area contributed by atoms with Crippen molar-refractivity contribution in [3.63, 3.8) is 0 Å². The summed E-state index contributed by atoms with van der Waals surface area (Å²) in [6.45, 7) is 0.321. The number of aliphatic carboxylic acids is 1. The summed E-state index contributed by atoms with van der Waals surface area (Å²) >= 11 is 0. The molecule has 1 N–H and O–H groups in total. The van der Waals surface area contributed by atoms with E-state index in [1.54, 1.807) is 0 Å². The molecule has 4 aliphatic carbocycles. The van der Waals surface area contributed by atoms with Crippen molar-refractivity contribution < 1.29 is 19.4 Å². The van der Waals surface area contributed by atoms with Gasteiger partial charge in [-0.15, -0.1) is 0 Å². The molecule has 7 atom stereocenters. The number of fused-ring (bicyclic) bond motifs is 1. The monoisotopic (exact) mass is 350 g/mol. The highest BCUT2D eigenvalue weighted by molar-refractivity contribution is 5.88. The largest absolute Gasteiger partial charge is 0.478 e. The Labute approximate surface area is 152 Å². The number of benzene rings is 1. The molecular weight excluding hydrogens is 328 g/mol. The smallest absolute Gasteiger partial charge is 0.331 e. The molecule has 26 heavy (non-hydrogen) atoms. The maximum atomic E-state index is 11.6. The van der Waals surface area contributed by atoms with E-state index < -0.39 is 5.97 Å². The third kappa shape index (κ3) is 1.88. The van der Waals surface area contributed by atoms with Gasteiger partial charge in [0, 0.05) is 11.5 Å². The predicted octanol–water partition coefficient (Wildman–Crippen LogP) is 3.67. The first-order valence-electron chi connectivity index (χ1n) is 9.71. The van der Waals surface area contributed by atoms with Gasteiger partial charge >= 0.3 is 5.97 Å². The molecule has 1 aliphatic heterocycles. The van der Waals surface area contributed by atoms with Crippen LogP contribution in [0.3, 0.4) is 0 Å². The number of hydrogen-bond acceptors (Lipinski definition) is 3. The molecule has 0 bridgehead atoms. The molecule has 1 heterocycles. The van der Waals surface area contributed by atoms with E-state index in [4.69, 9.17) is 9.47 Å². The maximum Gasteiger partial charge on any atom is 0.331 e. The standard InChI is InChI=1S/C22H22O4/c23-22(24)15-3-2-12-9-17-16(14-5-4-13(15)20(12)21(14)17)7-11-1-6-18-19(8-11)26-10-25-18/h1,3-6,8,12-14,16-17,20-21H,2,7,9-10H2,(H,23,24). The number of carboxylic acid groups (broad SMARTS) is 1. The van der Waals surface area contributed by atoms with E-state index in [-0.39, 0.29) is 5.92 Å². The fourth-order valence-electron chi connectivity index (χ4n) is 6.71. The van der Waals surface area contributed by atoms with E-state index in [0.717, 1.165) is 30.3 Å². The summed E-state index contributed by atoms with van der Waals surface area (Å²) in [6, 6.07) is 6.33. The Balaban J connectivity index is 1.28. The van der Waals surface area contributed by atoms with Crippen molar-refractivity contribution in [1.29, 1.82) is 0 Å². The molecule has 0 aromatic heterocycles. The summed E-state index contributed by atoms with van der Waals surface area (Å²) in [5.74, 6) is 5.09. The van der Waals surface area contributed by atoms with Gasteiger partial charge in [0.05, 0.1) is 0 Å². The first-order chi connectivity index (χ1) is 12.7. The van der Waals surface area contributed by atoms with Crippen molar-refractivity contribution in [3.8, 4) is 11.5 Å². The van der Waals surface area contributed by atoms with Crippen LogP contribution in [0.1, 0.15) is 18.4 Å². The van der Waals surface area contributed by atoms with Gasteiger partial charge in [-0.25, -0.2) is 4.79 Å². The van der Waals surface area contributed by atoms with Crippen LogP contribution in [0.25, 0.3) is 0 Å². The molecule has 1 aromatic carbocycles. The molecule has 0 amide bonds. The second-order valence-electron chi connectivity index (χ2n) is 8.56. The van der Waals surface area contributed by atoms with E-state index in [1.165, 1.54) is 12.0 Å². The molecule has 7 unspecified atom stereocenters. The molecule has 4 heteroatoms. The van der Waals surface area contributed by atoms with Crippen LogP contribution in [0.4, 0.5) is 0 Å². The average Bonchev–Trinajstić information content (AvgIpc) is 3.23. The summed E-state index contributed by atoms with van der Waals surface area (Å²) in [5, 5.41) is 9.55. The summed E-state index contributed by atoms with van der Waals surface area (Å²) < 4.78 is 11.0. The topological polar surface area (TPSA) is 55.8 Å². The molecule has 6 rings (SSSR count). The number of rotatable bonds is 3. The van der Waals surface area contributed by atoms with Crippen LogP contribution in [0.2, 0.25) is 0 Å². The van der Waals surface area contributed by atoms with Gasteiger partial charge in [-0.1, -0.05) is 24.3 Å². The number of ether oxygens (including phenoxy) is 2. The van der Waals surface area contributed by atoms with Crippen molar-refractivity contribution >= 4 is 5.97 Å². The molecule has 134 valence electrons. The van der Waals surface area contributed by atoms with Gasteiger partial charge in [-0.2, -0.15) is 0 Å². The van der Waals surface area contributed by atoms with Crippen LogP contribution in [0.15, 0.2) is 42.0 Å². The van der Waals surface area contributed by atoms with E-state index >= 15 is 0 Å². The highest BCUT2D eigenvalue weighted by Crippen LogP contribution is 2.67. The van der Waals surface area contributed by atoms with Gasteiger partial charge in [0.15, 0.2) is 11.5 Å². The Kier molecular flexibility index (Phi) is 2.95. The van der Waals surface area contributed by atoms with Crippen LogP contribution >= 0.6 is 0 Å². The number of allylic oxidation sites excluding steroid dienone is 3. The van der Waals surface area contributed by atoms with E-state index in [9.17, 15) is 9.90 Å². The fraction of sp³-hybridized carbons (Fsp3) is 0.500. The first kappa shape index (κ1) is 14.9. The van der Waals surface area contributed by atoms with Gasteiger partial charge in [-0.3, -0.25) is 0 Å². The summed E-state index contributed by atoms with van der Waals surface area (Å²) in [7, 11) is 0. The molecule has 5 aliphatic rings. The average molecular weight is 350 g/mol. The molecule has 0 spiro atoms. The molecule has 2 fully saturated rings. The Morgan fingerprint density at radius 2 is 2.04 bits per heavy atom. The van der Waals surface area contributed by atoms with Gasteiger partial charge in [0.2, 0.25) is 6.79 Å². The predicted molar refractivity (Wildman–Crippen MR) is 94.8 cm³/mol. The van der Waals surface area contributed by atoms with Crippen molar-refractivity contribution in [2.45, 2.75) is 19.3 Å². The highest BCUT2D eigenvalue weighted by atomic mass is 16.7. The minimum atomic E-state index is -0.726. The van der Waals surface area contributed by atoms with Crippen LogP contribution < -0.4 is 9.47 Å². The zero-order valence-electron chi connectivity index (χ0n) is 14.5. The fourth-order valence-corrected chi connectivity index (χ4v) is 6.71. The maximum absolute atomic E-state index is 11.6. The molecule has 0 radical (unpaired) electrons. The van der Waals surface area contributed by atoms with Crippen LogP contribution in [0, 0.1) is 41.4 Å². The Bertz CT molecular complexity index is 854. The lowest BCUT2D eigenvalue weighted by atomic mass is 9.50. The van der Waals surface area contributed by atoms with Gasteiger partial charge in [0.25, 0.3) is 0 Å². The first-order valence-corrected chi connectivity index (χ1v) is 9.71. The summed E-state index contributed by atoms with van der Waals surface area (Å²) in [5.41, 5.74) is 1.97. The normalized spacial score (nSPS) is 40.6. The zero-order chi connectivity index (χ0) is 17.4. The van der Waals surface area contributed by atoms with E-state index in [1.807, 2.05) is 12.1 Å². The summed E-state index contributed by atoms with van der Waals surface area (Å²) in [6.07, 6.45) is 9.85. The highest BCUT2D eigenvalue weighted by Gasteiger charge is 2.62. The molecular formula is C22H22O4. The minimum Gasteiger partial charge on any atom is -0.478 e. The lowest BCUT2D eigenvalue weighted by Crippen LogP contribution is -2.50.